The van der Waals surface area contributed by atoms with E-state index in [1.807, 2.05) is 0 Å². The highest BCUT2D eigenvalue weighted by atomic mass is 16.2. The third-order valence-electron chi connectivity index (χ3n) is 3.32. The van der Waals surface area contributed by atoms with E-state index >= 15 is 0 Å². The van der Waals surface area contributed by atoms with E-state index in [2.05, 4.69) is 15.6 Å². The van der Waals surface area contributed by atoms with Gasteiger partial charge in [0.2, 0.25) is 5.91 Å². The lowest BCUT2D eigenvalue weighted by molar-refractivity contribution is -0.136. The smallest absolute Gasteiger partial charge is 0.251 e. The molecule has 1 fully saturated rings. The second-order valence-electron chi connectivity index (χ2n) is 4.82. The predicted octanol–water partition coefficient (Wildman–Crippen LogP) is -0.534. The summed E-state index contributed by atoms with van der Waals surface area (Å²) in [5.41, 5.74) is 0.445. The molecule has 2 aromatic rings. The Labute approximate surface area is 119 Å². The van der Waals surface area contributed by atoms with Crippen molar-refractivity contribution in [3.8, 4) is 0 Å². The number of rotatable bonds is 3. The quantitative estimate of drug-likeness (QED) is 0.765. The van der Waals surface area contributed by atoms with Crippen LogP contribution in [-0.2, 0) is 16.1 Å². The first-order valence-electron chi connectivity index (χ1n) is 6.53. The molecule has 0 saturated carbocycles. The maximum atomic E-state index is 11.8. The van der Waals surface area contributed by atoms with Gasteiger partial charge < -0.3 is 4.57 Å². The SMILES string of the molecule is O=C1CCC(n2cc(Cn3ccccc3=O)nn2)C(=O)N1. The number of carbonyl (C=O) groups excluding carboxylic acids is 2. The third-order valence-corrected chi connectivity index (χ3v) is 3.32. The Balaban J connectivity index is 1.78. The second-order valence-corrected chi connectivity index (χ2v) is 4.82. The first-order valence-corrected chi connectivity index (χ1v) is 6.53. The van der Waals surface area contributed by atoms with Crippen molar-refractivity contribution in [2.24, 2.45) is 0 Å². The Morgan fingerprint density at radius 1 is 1.29 bits per heavy atom. The molecule has 8 nitrogen and oxygen atoms in total. The molecule has 2 aromatic heterocycles. The summed E-state index contributed by atoms with van der Waals surface area (Å²) in [5.74, 6) is -0.646. The van der Waals surface area contributed by atoms with Crippen LogP contribution < -0.4 is 10.9 Å². The lowest BCUT2D eigenvalue weighted by atomic mass is 10.1. The lowest BCUT2D eigenvalue weighted by Gasteiger charge is -2.20. The third kappa shape index (κ3) is 2.73. The highest BCUT2D eigenvalue weighted by Crippen LogP contribution is 2.17. The van der Waals surface area contributed by atoms with Gasteiger partial charge in [0.25, 0.3) is 11.5 Å². The molecule has 0 spiro atoms. The van der Waals surface area contributed by atoms with E-state index in [9.17, 15) is 14.4 Å². The summed E-state index contributed by atoms with van der Waals surface area (Å²) in [4.78, 5) is 34.5. The predicted molar refractivity (Wildman–Crippen MR) is 71.2 cm³/mol. The number of aromatic nitrogens is 4. The molecule has 108 valence electrons. The van der Waals surface area contributed by atoms with E-state index in [-0.39, 0.29) is 30.3 Å². The number of hydrogen-bond acceptors (Lipinski definition) is 5. The first-order chi connectivity index (χ1) is 10.1. The Morgan fingerprint density at radius 3 is 2.90 bits per heavy atom. The van der Waals surface area contributed by atoms with Crippen molar-refractivity contribution in [1.82, 2.24) is 24.9 Å². The molecule has 1 aliphatic rings. The van der Waals surface area contributed by atoms with Crippen LogP contribution in [0.4, 0.5) is 0 Å². The molecule has 21 heavy (non-hydrogen) atoms. The summed E-state index contributed by atoms with van der Waals surface area (Å²) in [7, 11) is 0. The number of amides is 2. The topological polar surface area (TPSA) is 98.9 Å². The molecule has 8 heteroatoms. The molecular weight excluding hydrogens is 274 g/mol. The van der Waals surface area contributed by atoms with Crippen molar-refractivity contribution in [3.63, 3.8) is 0 Å². The molecule has 1 N–H and O–H groups in total. The molecule has 3 rings (SSSR count). The zero-order valence-corrected chi connectivity index (χ0v) is 11.1. The monoisotopic (exact) mass is 287 g/mol. The standard InChI is InChI=1S/C13H13N5O3/c19-11-5-4-10(13(21)14-11)18-8-9(15-16-18)7-17-6-2-1-3-12(17)20/h1-3,6,8,10H,4-5,7H2,(H,14,19,21). The van der Waals surface area contributed by atoms with E-state index in [1.165, 1.54) is 15.3 Å². The van der Waals surface area contributed by atoms with Crippen LogP contribution in [-0.4, -0.2) is 31.4 Å². The van der Waals surface area contributed by atoms with E-state index < -0.39 is 6.04 Å². The molecule has 0 bridgehead atoms. The van der Waals surface area contributed by atoms with Crippen molar-refractivity contribution in [1.29, 1.82) is 0 Å². The maximum absolute atomic E-state index is 11.8. The van der Waals surface area contributed by atoms with Gasteiger partial charge in [0, 0.05) is 18.7 Å². The number of nitrogens with zero attached hydrogens (tertiary/aromatic N) is 4. The average Bonchev–Trinajstić information content (AvgIpc) is 2.90. The van der Waals surface area contributed by atoms with Gasteiger partial charge >= 0.3 is 0 Å². The summed E-state index contributed by atoms with van der Waals surface area (Å²) in [5, 5.41) is 10.2. The molecule has 0 radical (unpaired) electrons. The molecule has 1 saturated heterocycles. The van der Waals surface area contributed by atoms with Gasteiger partial charge in [-0.3, -0.25) is 19.7 Å². The van der Waals surface area contributed by atoms with Crippen molar-refractivity contribution in [2.45, 2.75) is 25.4 Å². The van der Waals surface area contributed by atoms with Gasteiger partial charge in [-0.2, -0.15) is 0 Å². The van der Waals surface area contributed by atoms with Crippen LogP contribution in [0.2, 0.25) is 0 Å². The van der Waals surface area contributed by atoms with Crippen LogP contribution in [0.1, 0.15) is 24.6 Å². The van der Waals surface area contributed by atoms with Crippen molar-refractivity contribution in [2.75, 3.05) is 0 Å². The molecule has 0 aliphatic carbocycles. The van der Waals surface area contributed by atoms with Gasteiger partial charge in [0.05, 0.1) is 12.7 Å². The maximum Gasteiger partial charge on any atom is 0.251 e. The fourth-order valence-electron chi connectivity index (χ4n) is 2.24. The largest absolute Gasteiger partial charge is 0.309 e. The molecule has 1 unspecified atom stereocenters. The molecule has 1 aliphatic heterocycles. The Bertz CT molecular complexity index is 748. The highest BCUT2D eigenvalue weighted by molar-refractivity contribution is 5.99. The summed E-state index contributed by atoms with van der Waals surface area (Å²) in [6.07, 6.45) is 3.97. The number of piperidine rings is 1. The number of nitrogens with one attached hydrogen (secondary N) is 1. The van der Waals surface area contributed by atoms with E-state index in [1.54, 1.807) is 24.5 Å². The number of pyridine rings is 1. The van der Waals surface area contributed by atoms with Gasteiger partial charge in [-0.1, -0.05) is 11.3 Å². The summed E-state index contributed by atoms with van der Waals surface area (Å²) < 4.78 is 2.93. The van der Waals surface area contributed by atoms with Crippen LogP contribution in [0.25, 0.3) is 0 Å². The molecule has 0 aromatic carbocycles. The summed E-state index contributed by atoms with van der Waals surface area (Å²) in [6, 6.07) is 4.35. The molecule has 3 heterocycles. The summed E-state index contributed by atoms with van der Waals surface area (Å²) >= 11 is 0. The van der Waals surface area contributed by atoms with Gasteiger partial charge in [-0.15, -0.1) is 5.10 Å². The fourth-order valence-corrected chi connectivity index (χ4v) is 2.24. The number of hydrogen-bond donors (Lipinski definition) is 1. The lowest BCUT2D eigenvalue weighted by Crippen LogP contribution is -2.41. The van der Waals surface area contributed by atoms with E-state index in [0.29, 0.717) is 12.1 Å². The van der Waals surface area contributed by atoms with Gasteiger partial charge in [0.15, 0.2) is 0 Å². The summed E-state index contributed by atoms with van der Waals surface area (Å²) in [6.45, 7) is 0.285. The van der Waals surface area contributed by atoms with Crippen LogP contribution in [0.15, 0.2) is 35.4 Å². The Kier molecular flexibility index (Phi) is 3.35. The second kappa shape index (κ2) is 5.31. The van der Waals surface area contributed by atoms with E-state index in [0.717, 1.165) is 0 Å². The van der Waals surface area contributed by atoms with Crippen LogP contribution in [0.3, 0.4) is 0 Å². The minimum atomic E-state index is -0.531. The van der Waals surface area contributed by atoms with Crippen molar-refractivity contribution >= 4 is 11.8 Å². The van der Waals surface area contributed by atoms with E-state index in [4.69, 9.17) is 0 Å². The Morgan fingerprint density at radius 2 is 2.14 bits per heavy atom. The molecule has 2 amide bonds. The zero-order chi connectivity index (χ0) is 14.8. The zero-order valence-electron chi connectivity index (χ0n) is 11.1. The number of carbonyl (C=O) groups is 2. The van der Waals surface area contributed by atoms with Crippen molar-refractivity contribution in [3.05, 3.63) is 46.6 Å². The van der Waals surface area contributed by atoms with Crippen LogP contribution >= 0.6 is 0 Å². The van der Waals surface area contributed by atoms with Gasteiger partial charge in [-0.05, 0) is 12.5 Å². The van der Waals surface area contributed by atoms with Gasteiger partial charge in [-0.25, -0.2) is 4.68 Å². The van der Waals surface area contributed by atoms with Crippen LogP contribution in [0.5, 0.6) is 0 Å². The fraction of sp³-hybridized carbons (Fsp3) is 0.308. The average molecular weight is 287 g/mol. The van der Waals surface area contributed by atoms with Crippen LogP contribution in [0, 0.1) is 0 Å². The van der Waals surface area contributed by atoms with Gasteiger partial charge in [0.1, 0.15) is 11.7 Å². The number of imide groups is 1. The molecular formula is C13H13N5O3. The molecule has 1 atom stereocenters. The minimum absolute atomic E-state index is 0.131. The Hall–Kier alpha value is -2.77. The minimum Gasteiger partial charge on any atom is -0.309 e. The first kappa shape index (κ1) is 13.2. The normalized spacial score (nSPS) is 18.6. The highest BCUT2D eigenvalue weighted by Gasteiger charge is 2.28. The van der Waals surface area contributed by atoms with Crippen molar-refractivity contribution < 1.29 is 9.59 Å².